The Bertz CT molecular complexity index is 1730. The first-order valence-corrected chi connectivity index (χ1v) is 15.5. The first-order valence-electron chi connectivity index (χ1n) is 14.7. The van der Waals surface area contributed by atoms with E-state index in [1.54, 1.807) is 60.7 Å². The van der Waals surface area contributed by atoms with Gasteiger partial charge in [0.2, 0.25) is 5.90 Å². The van der Waals surface area contributed by atoms with Crippen LogP contribution in [0.4, 0.5) is 10.1 Å². The number of rotatable bonds is 14. The molecule has 12 heteroatoms. The van der Waals surface area contributed by atoms with Gasteiger partial charge in [0.25, 0.3) is 5.91 Å². The molecule has 0 aliphatic carbocycles. The number of nitrogens with one attached hydrogen (secondary N) is 2. The van der Waals surface area contributed by atoms with Gasteiger partial charge in [-0.1, -0.05) is 75.6 Å². The van der Waals surface area contributed by atoms with Gasteiger partial charge in [-0.2, -0.15) is 0 Å². The summed E-state index contributed by atoms with van der Waals surface area (Å²) in [4.78, 5) is 22.4. The van der Waals surface area contributed by atoms with E-state index in [4.69, 9.17) is 19.6 Å². The van der Waals surface area contributed by atoms with Crippen molar-refractivity contribution in [2.45, 2.75) is 30.9 Å². The molecule has 1 aliphatic rings. The quantitative estimate of drug-likeness (QED) is 0.0448. The van der Waals surface area contributed by atoms with Gasteiger partial charge in [0.15, 0.2) is 11.6 Å². The molecular formula is C34H32BrFN6O4. The van der Waals surface area contributed by atoms with E-state index in [-0.39, 0.29) is 24.7 Å². The maximum Gasteiger partial charge on any atom is 0.266 e. The molecule has 0 fully saturated rings. The molecule has 5 rings (SSSR count). The molecule has 0 radical (unpaired) electrons. The third-order valence-corrected chi connectivity index (χ3v) is 8.25. The Morgan fingerprint density at radius 1 is 1.07 bits per heavy atom. The molecule has 1 heterocycles. The van der Waals surface area contributed by atoms with E-state index in [0.29, 0.717) is 48.6 Å². The minimum atomic E-state index is -1.54. The number of hydrazine groups is 1. The van der Waals surface area contributed by atoms with Gasteiger partial charge < -0.3 is 14.6 Å². The second-order valence-electron chi connectivity index (χ2n) is 10.6. The number of benzene rings is 4. The molecule has 0 saturated heterocycles. The highest BCUT2D eigenvalue weighted by molar-refractivity contribution is 9.10. The lowest BCUT2D eigenvalue weighted by Crippen LogP contribution is -2.54. The van der Waals surface area contributed by atoms with E-state index in [1.165, 1.54) is 12.1 Å². The molecular weight excluding hydrogens is 655 g/mol. The van der Waals surface area contributed by atoms with E-state index < -0.39 is 17.6 Å². The van der Waals surface area contributed by atoms with Crippen LogP contribution in [0.25, 0.3) is 10.4 Å². The summed E-state index contributed by atoms with van der Waals surface area (Å²) in [6.45, 7) is 0.775. The van der Waals surface area contributed by atoms with Crippen molar-refractivity contribution in [3.05, 3.63) is 140 Å². The van der Waals surface area contributed by atoms with Gasteiger partial charge in [-0.05, 0) is 65.5 Å². The van der Waals surface area contributed by atoms with Crippen molar-refractivity contribution < 1.29 is 23.8 Å². The molecule has 236 valence electrons. The molecule has 0 spiro atoms. The predicted octanol–water partition coefficient (Wildman–Crippen LogP) is 6.65. The third-order valence-electron chi connectivity index (χ3n) is 7.47. The number of halogens is 2. The topological polar surface area (TPSA) is 141 Å². The fourth-order valence-corrected chi connectivity index (χ4v) is 5.57. The van der Waals surface area contributed by atoms with Crippen LogP contribution >= 0.6 is 15.9 Å². The Kier molecular flexibility index (Phi) is 11.0. The lowest BCUT2D eigenvalue weighted by Gasteiger charge is -2.31. The van der Waals surface area contributed by atoms with Crippen LogP contribution in [-0.4, -0.2) is 42.2 Å². The van der Waals surface area contributed by atoms with Crippen molar-refractivity contribution in [2.75, 3.05) is 19.8 Å². The monoisotopic (exact) mass is 686 g/mol. The summed E-state index contributed by atoms with van der Waals surface area (Å²) in [6, 6.07) is 27.8. The van der Waals surface area contributed by atoms with Crippen LogP contribution in [0, 0.1) is 5.82 Å². The Labute approximate surface area is 274 Å². The Hall–Kier alpha value is -4.74. The normalized spacial score (nSPS) is 17.0. The highest BCUT2D eigenvalue weighted by Gasteiger charge is 2.54. The zero-order chi connectivity index (χ0) is 32.4. The van der Waals surface area contributed by atoms with Crippen LogP contribution in [0.3, 0.4) is 0 Å². The van der Waals surface area contributed by atoms with E-state index in [9.17, 15) is 14.7 Å². The van der Waals surface area contributed by atoms with E-state index in [2.05, 4.69) is 36.8 Å². The molecule has 0 aromatic heterocycles. The van der Waals surface area contributed by atoms with Crippen LogP contribution in [0.2, 0.25) is 0 Å². The van der Waals surface area contributed by atoms with Crippen molar-refractivity contribution in [3.8, 4) is 5.75 Å². The zero-order valence-electron chi connectivity index (χ0n) is 24.8. The maximum atomic E-state index is 14.4. The lowest BCUT2D eigenvalue weighted by atomic mass is 9.81. The van der Waals surface area contributed by atoms with Crippen LogP contribution in [0.15, 0.2) is 112 Å². The molecule has 1 amide bonds. The second-order valence-corrected chi connectivity index (χ2v) is 11.4. The van der Waals surface area contributed by atoms with E-state index in [1.807, 2.05) is 24.3 Å². The predicted molar refractivity (Wildman–Crippen MR) is 176 cm³/mol. The number of carbonyl (C=O) groups excluding carboxylic acids is 1. The smallest absolute Gasteiger partial charge is 0.266 e. The minimum absolute atomic E-state index is 0.0320. The number of ether oxygens (including phenoxy) is 2. The first kappa shape index (κ1) is 32.6. The number of aliphatic hydroxyl groups is 1. The highest BCUT2D eigenvalue weighted by Crippen LogP contribution is 2.46. The summed E-state index contributed by atoms with van der Waals surface area (Å²) >= 11 is 3.62. The zero-order valence-corrected chi connectivity index (χ0v) is 26.4. The number of azide groups is 1. The van der Waals surface area contributed by atoms with Gasteiger partial charge in [0.05, 0.1) is 6.61 Å². The van der Waals surface area contributed by atoms with Crippen molar-refractivity contribution in [3.63, 3.8) is 0 Å². The van der Waals surface area contributed by atoms with Gasteiger partial charge in [0, 0.05) is 52.2 Å². The van der Waals surface area contributed by atoms with E-state index in [0.717, 1.165) is 15.6 Å². The molecule has 2 atom stereocenters. The number of aliphatic imine (C=N–C) groups is 1. The van der Waals surface area contributed by atoms with Gasteiger partial charge in [-0.3, -0.25) is 10.2 Å². The molecule has 4 aromatic carbocycles. The first-order chi connectivity index (χ1) is 22.4. The number of aliphatic hydroxyl groups excluding tert-OH is 1. The summed E-state index contributed by atoms with van der Waals surface area (Å²) in [5.74, 6) is 0.0756. The lowest BCUT2D eigenvalue weighted by molar-refractivity contribution is -0.130. The Balaban J connectivity index is 1.53. The Morgan fingerprint density at radius 3 is 2.54 bits per heavy atom. The third kappa shape index (κ3) is 7.72. The van der Waals surface area contributed by atoms with Gasteiger partial charge in [-0.25, -0.2) is 14.8 Å². The van der Waals surface area contributed by atoms with Crippen molar-refractivity contribution in [2.24, 2.45) is 10.1 Å². The van der Waals surface area contributed by atoms with Gasteiger partial charge in [-0.15, -0.1) is 0 Å². The maximum absolute atomic E-state index is 14.4. The van der Waals surface area contributed by atoms with Crippen molar-refractivity contribution in [1.82, 2.24) is 10.9 Å². The Morgan fingerprint density at radius 2 is 1.80 bits per heavy atom. The molecule has 4 aromatic rings. The summed E-state index contributed by atoms with van der Waals surface area (Å²) in [5, 5.41) is 13.0. The van der Waals surface area contributed by atoms with Gasteiger partial charge >= 0.3 is 0 Å². The van der Waals surface area contributed by atoms with Crippen LogP contribution in [-0.2, 0) is 22.4 Å². The number of hydrogen-bond acceptors (Lipinski definition) is 7. The summed E-state index contributed by atoms with van der Waals surface area (Å²) in [6.07, 6.45) is 0.212. The largest absolute Gasteiger partial charge is 0.494 e. The minimum Gasteiger partial charge on any atom is -0.494 e. The average Bonchev–Trinajstić information content (AvgIpc) is 3.46. The van der Waals surface area contributed by atoms with E-state index >= 15 is 0 Å². The number of nitrogens with zero attached hydrogens (tertiary/aromatic N) is 4. The van der Waals surface area contributed by atoms with Gasteiger partial charge in [0.1, 0.15) is 11.6 Å². The van der Waals surface area contributed by atoms with Crippen molar-refractivity contribution in [1.29, 1.82) is 0 Å². The second kappa shape index (κ2) is 15.5. The summed E-state index contributed by atoms with van der Waals surface area (Å²) in [5.41, 5.74) is 16.8. The average molecular weight is 688 g/mol. The SMILES string of the molecule is [N-]=[N+]=Nc1ccccc1[C@@H]1OC(c2ccc(OCCCO)cc2)=N[C@]1(Cc1ccccc1Br)C(=O)NNCCc1ccc(F)cc1. The fourth-order valence-electron chi connectivity index (χ4n) is 5.15. The molecule has 1 aliphatic heterocycles. The summed E-state index contributed by atoms with van der Waals surface area (Å²) in [7, 11) is 0. The number of carbonyl (C=O) groups is 1. The summed E-state index contributed by atoms with van der Waals surface area (Å²) < 4.78 is 26.4. The molecule has 3 N–H and O–H groups in total. The number of hydrogen-bond donors (Lipinski definition) is 3. The highest BCUT2D eigenvalue weighted by atomic mass is 79.9. The molecule has 10 nitrogen and oxygen atoms in total. The molecule has 0 bridgehead atoms. The molecule has 46 heavy (non-hydrogen) atoms. The molecule has 0 unspecified atom stereocenters. The van der Waals surface area contributed by atoms with Crippen molar-refractivity contribution >= 4 is 33.4 Å². The standard InChI is InChI=1S/C34H32BrFN6O4/c35-29-8-3-1-6-25(29)22-34(33(44)41-38-19-18-23-10-14-26(36)15-11-23)31(28-7-2-4-9-30(28)40-42-37)46-32(39-34)24-12-16-27(17-13-24)45-21-5-20-43/h1-4,6-17,31,38,43H,5,18-22H2,(H,41,44)/t31-,34-/m0/s1. The van der Waals surface area contributed by atoms with Crippen LogP contribution in [0.1, 0.15) is 34.8 Å². The fraction of sp³-hybridized carbons (Fsp3) is 0.235. The van der Waals surface area contributed by atoms with Crippen LogP contribution in [0.5, 0.6) is 5.75 Å². The number of amides is 1. The molecule has 0 saturated carbocycles. The van der Waals surface area contributed by atoms with Crippen LogP contribution < -0.4 is 15.6 Å².